The number of fused-ring (bicyclic) bond motifs is 1. The Morgan fingerprint density at radius 1 is 1.11 bits per heavy atom. The average Bonchev–Trinajstić information content (AvgIpc) is 2.93. The number of para-hydroxylation sites is 1. The highest BCUT2D eigenvalue weighted by Gasteiger charge is 2.15. The zero-order valence-electron chi connectivity index (χ0n) is 15.6. The van der Waals surface area contributed by atoms with E-state index >= 15 is 0 Å². The lowest BCUT2D eigenvalue weighted by molar-refractivity contribution is 0.102. The molecule has 4 rings (SSSR count). The van der Waals surface area contributed by atoms with Gasteiger partial charge in [0, 0.05) is 11.1 Å². The Morgan fingerprint density at radius 2 is 1.82 bits per heavy atom. The minimum absolute atomic E-state index is 0.0836. The van der Waals surface area contributed by atoms with Gasteiger partial charge in [-0.1, -0.05) is 18.2 Å². The molecule has 0 aliphatic heterocycles. The van der Waals surface area contributed by atoms with Crippen LogP contribution in [-0.4, -0.2) is 25.4 Å². The van der Waals surface area contributed by atoms with Gasteiger partial charge >= 0.3 is 5.63 Å². The van der Waals surface area contributed by atoms with Crippen LogP contribution in [0, 0.1) is 20.8 Å². The fourth-order valence-corrected chi connectivity index (χ4v) is 2.99. The molecule has 0 saturated heterocycles. The first-order chi connectivity index (χ1) is 13.4. The molecular weight excluding hydrogens is 358 g/mol. The van der Waals surface area contributed by atoms with Gasteiger partial charge in [0.05, 0.1) is 23.8 Å². The van der Waals surface area contributed by atoms with Gasteiger partial charge in [-0.15, -0.1) is 0 Å². The highest BCUT2D eigenvalue weighted by molar-refractivity contribution is 6.05. The molecule has 0 bridgehead atoms. The number of hydrogen-bond donors (Lipinski definition) is 1. The number of nitrogens with zero attached hydrogens (tertiary/aromatic N) is 4. The molecule has 8 nitrogen and oxygen atoms in total. The van der Waals surface area contributed by atoms with Crippen LogP contribution in [-0.2, 0) is 0 Å². The zero-order valence-corrected chi connectivity index (χ0v) is 15.6. The third kappa shape index (κ3) is 3.05. The standard InChI is InChI=1S/C20H17N5O3/c1-11-12(2)25(13(3)23-11)20-21-9-15(10-22-20)24-18(26)16-8-14-6-4-5-7-17(14)28-19(16)27/h4-10H,1-3H3,(H,24,26). The van der Waals surface area contributed by atoms with Crippen molar-refractivity contribution in [2.45, 2.75) is 20.8 Å². The molecule has 1 amide bonds. The molecule has 0 atom stereocenters. The molecule has 1 N–H and O–H groups in total. The van der Waals surface area contributed by atoms with Gasteiger partial charge in [0.2, 0.25) is 5.95 Å². The van der Waals surface area contributed by atoms with Crippen LogP contribution in [0.2, 0.25) is 0 Å². The Morgan fingerprint density at radius 3 is 2.50 bits per heavy atom. The molecule has 0 spiro atoms. The summed E-state index contributed by atoms with van der Waals surface area (Å²) in [5.74, 6) is 0.654. The number of carbonyl (C=O) groups is 1. The number of anilines is 1. The first-order valence-electron chi connectivity index (χ1n) is 8.63. The quantitative estimate of drug-likeness (QED) is 0.552. The summed E-state index contributed by atoms with van der Waals surface area (Å²) in [6.45, 7) is 5.73. The van der Waals surface area contributed by atoms with Gasteiger partial charge < -0.3 is 9.73 Å². The minimum atomic E-state index is -0.700. The lowest BCUT2D eigenvalue weighted by Crippen LogP contribution is -2.21. The normalized spacial score (nSPS) is 11.0. The molecule has 0 aliphatic carbocycles. The van der Waals surface area contributed by atoms with E-state index in [2.05, 4.69) is 20.3 Å². The van der Waals surface area contributed by atoms with Crippen LogP contribution in [0.4, 0.5) is 5.69 Å². The van der Waals surface area contributed by atoms with Gasteiger partial charge in [0.1, 0.15) is 17.0 Å². The number of benzene rings is 1. The van der Waals surface area contributed by atoms with E-state index in [1.54, 1.807) is 24.3 Å². The number of amides is 1. The number of nitrogens with one attached hydrogen (secondary N) is 1. The molecule has 3 aromatic heterocycles. The Labute approximate surface area is 159 Å². The van der Waals surface area contributed by atoms with Gasteiger partial charge in [-0.05, 0) is 32.9 Å². The van der Waals surface area contributed by atoms with E-state index in [1.807, 2.05) is 25.3 Å². The maximum Gasteiger partial charge on any atom is 0.349 e. The molecule has 0 fully saturated rings. The lowest BCUT2D eigenvalue weighted by Gasteiger charge is -2.08. The third-order valence-electron chi connectivity index (χ3n) is 4.49. The predicted octanol–water partition coefficient (Wildman–Crippen LogP) is 2.95. The number of carbonyl (C=O) groups excluding carboxylic acids is 1. The molecule has 1 aromatic carbocycles. The SMILES string of the molecule is Cc1nc(C)n(-c2ncc(NC(=O)c3cc4ccccc4oc3=O)cn2)c1C. The topological polar surface area (TPSA) is 103 Å². The van der Waals surface area contributed by atoms with Crippen LogP contribution in [0.3, 0.4) is 0 Å². The Hall–Kier alpha value is -3.81. The Balaban J connectivity index is 1.60. The molecule has 4 aromatic rings. The molecular formula is C20H17N5O3. The first-order valence-corrected chi connectivity index (χ1v) is 8.63. The van der Waals surface area contributed by atoms with E-state index in [0.717, 1.165) is 17.2 Å². The number of aromatic nitrogens is 4. The summed E-state index contributed by atoms with van der Waals surface area (Å²) in [6.07, 6.45) is 2.97. The van der Waals surface area contributed by atoms with Crippen molar-refractivity contribution >= 4 is 22.6 Å². The number of aryl methyl sites for hydroxylation is 2. The summed E-state index contributed by atoms with van der Waals surface area (Å²) in [5.41, 5.74) is 1.87. The maximum atomic E-state index is 12.5. The largest absolute Gasteiger partial charge is 0.422 e. The minimum Gasteiger partial charge on any atom is -0.422 e. The highest BCUT2D eigenvalue weighted by atomic mass is 16.4. The van der Waals surface area contributed by atoms with Gasteiger partial charge in [-0.25, -0.2) is 19.7 Å². The van der Waals surface area contributed by atoms with Crippen molar-refractivity contribution in [1.82, 2.24) is 19.5 Å². The van der Waals surface area contributed by atoms with Crippen LogP contribution in [0.5, 0.6) is 0 Å². The molecule has 0 aliphatic rings. The second-order valence-electron chi connectivity index (χ2n) is 6.38. The van der Waals surface area contributed by atoms with Crippen molar-refractivity contribution in [3.8, 4) is 5.95 Å². The zero-order chi connectivity index (χ0) is 19.8. The van der Waals surface area contributed by atoms with Crippen LogP contribution >= 0.6 is 0 Å². The van der Waals surface area contributed by atoms with Crippen LogP contribution in [0.15, 0.2) is 51.9 Å². The van der Waals surface area contributed by atoms with Crippen molar-refractivity contribution in [3.63, 3.8) is 0 Å². The summed E-state index contributed by atoms with van der Waals surface area (Å²) in [6, 6.07) is 8.51. The number of imidazole rings is 1. The molecule has 28 heavy (non-hydrogen) atoms. The van der Waals surface area contributed by atoms with E-state index in [-0.39, 0.29) is 5.56 Å². The van der Waals surface area contributed by atoms with Crippen molar-refractivity contribution in [1.29, 1.82) is 0 Å². The van der Waals surface area contributed by atoms with E-state index in [4.69, 9.17) is 4.42 Å². The molecule has 3 heterocycles. The summed E-state index contributed by atoms with van der Waals surface area (Å²) in [7, 11) is 0. The van der Waals surface area contributed by atoms with E-state index in [1.165, 1.54) is 18.5 Å². The van der Waals surface area contributed by atoms with Gasteiger partial charge in [0.15, 0.2) is 0 Å². The molecule has 0 unspecified atom stereocenters. The van der Waals surface area contributed by atoms with Crippen molar-refractivity contribution in [2.24, 2.45) is 0 Å². The third-order valence-corrected chi connectivity index (χ3v) is 4.49. The smallest absolute Gasteiger partial charge is 0.349 e. The van der Waals surface area contributed by atoms with Crippen LogP contribution in [0.25, 0.3) is 16.9 Å². The fraction of sp³-hybridized carbons (Fsp3) is 0.150. The van der Waals surface area contributed by atoms with Crippen LogP contribution < -0.4 is 10.9 Å². The Kier molecular flexibility index (Phi) is 4.23. The Bertz CT molecular complexity index is 1260. The lowest BCUT2D eigenvalue weighted by atomic mass is 10.2. The average molecular weight is 375 g/mol. The number of hydrogen-bond acceptors (Lipinski definition) is 6. The summed E-state index contributed by atoms with van der Waals surface area (Å²) < 4.78 is 7.03. The van der Waals surface area contributed by atoms with E-state index in [0.29, 0.717) is 22.6 Å². The van der Waals surface area contributed by atoms with Crippen molar-refractivity contribution in [2.75, 3.05) is 5.32 Å². The van der Waals surface area contributed by atoms with Crippen molar-refractivity contribution < 1.29 is 9.21 Å². The molecule has 8 heteroatoms. The van der Waals surface area contributed by atoms with Gasteiger partial charge in [-0.3, -0.25) is 9.36 Å². The van der Waals surface area contributed by atoms with Crippen LogP contribution in [0.1, 0.15) is 27.6 Å². The monoisotopic (exact) mass is 375 g/mol. The fourth-order valence-electron chi connectivity index (χ4n) is 2.99. The summed E-state index contributed by atoms with van der Waals surface area (Å²) >= 11 is 0. The number of rotatable bonds is 3. The van der Waals surface area contributed by atoms with Gasteiger partial charge in [-0.2, -0.15) is 0 Å². The molecule has 0 radical (unpaired) electrons. The predicted molar refractivity (Wildman–Crippen MR) is 104 cm³/mol. The second-order valence-corrected chi connectivity index (χ2v) is 6.38. The molecule has 140 valence electrons. The molecule has 0 saturated carbocycles. The van der Waals surface area contributed by atoms with E-state index < -0.39 is 11.5 Å². The van der Waals surface area contributed by atoms with E-state index in [9.17, 15) is 9.59 Å². The first kappa shape index (κ1) is 17.6. The maximum absolute atomic E-state index is 12.5. The summed E-state index contributed by atoms with van der Waals surface area (Å²) in [4.78, 5) is 37.6. The summed E-state index contributed by atoms with van der Waals surface area (Å²) in [5, 5.41) is 3.29. The second kappa shape index (κ2) is 6.73. The highest BCUT2D eigenvalue weighted by Crippen LogP contribution is 2.16. The van der Waals surface area contributed by atoms with Gasteiger partial charge in [0.25, 0.3) is 5.91 Å². The van der Waals surface area contributed by atoms with Crippen molar-refractivity contribution in [3.05, 3.63) is 75.9 Å².